The molecule has 24 heavy (non-hydrogen) atoms. The van der Waals surface area contributed by atoms with Gasteiger partial charge in [0.25, 0.3) is 5.91 Å². The van der Waals surface area contributed by atoms with Crippen LogP contribution in [0.1, 0.15) is 30.1 Å². The summed E-state index contributed by atoms with van der Waals surface area (Å²) in [6, 6.07) is 3.28. The van der Waals surface area contributed by atoms with Crippen molar-refractivity contribution in [2.24, 2.45) is 5.92 Å². The summed E-state index contributed by atoms with van der Waals surface area (Å²) in [6.07, 6.45) is 4.69. The second-order valence-electron chi connectivity index (χ2n) is 6.48. The zero-order valence-electron chi connectivity index (χ0n) is 14.7. The topological polar surface area (TPSA) is 82.6 Å². The van der Waals surface area contributed by atoms with Gasteiger partial charge in [-0.25, -0.2) is 13.4 Å². The van der Waals surface area contributed by atoms with Gasteiger partial charge in [0, 0.05) is 39.4 Å². The molecule has 0 spiro atoms. The molecule has 1 aromatic rings. The molecule has 1 aliphatic rings. The normalized spacial score (nSPS) is 21.7. The maximum Gasteiger partial charge on any atom is 0.255 e. The number of hydrogen-bond donors (Lipinski definition) is 1. The summed E-state index contributed by atoms with van der Waals surface area (Å²) in [6.45, 7) is 2.85. The molecule has 0 saturated carbocycles. The number of nitrogens with one attached hydrogen (secondary N) is 1. The minimum Gasteiger partial charge on any atom is -0.362 e. The van der Waals surface area contributed by atoms with Crippen molar-refractivity contribution < 1.29 is 13.2 Å². The average Bonchev–Trinajstić information content (AvgIpc) is 2.90. The van der Waals surface area contributed by atoms with Crippen LogP contribution >= 0.6 is 0 Å². The van der Waals surface area contributed by atoms with Crippen molar-refractivity contribution in [2.75, 3.05) is 38.3 Å². The van der Waals surface area contributed by atoms with Gasteiger partial charge >= 0.3 is 0 Å². The van der Waals surface area contributed by atoms with E-state index in [1.54, 1.807) is 23.2 Å². The lowest BCUT2D eigenvalue weighted by Gasteiger charge is -2.21. The lowest BCUT2D eigenvalue weighted by Crippen LogP contribution is -2.41. The fourth-order valence-corrected chi connectivity index (χ4v) is 4.00. The summed E-state index contributed by atoms with van der Waals surface area (Å²) < 4.78 is 25.1. The van der Waals surface area contributed by atoms with Crippen molar-refractivity contribution >= 4 is 21.7 Å². The monoisotopic (exact) mass is 354 g/mol. The van der Waals surface area contributed by atoms with Crippen LogP contribution in [0.5, 0.6) is 0 Å². The van der Waals surface area contributed by atoms with E-state index in [0.29, 0.717) is 24.5 Å². The van der Waals surface area contributed by atoms with Crippen molar-refractivity contribution in [3.8, 4) is 0 Å². The second kappa shape index (κ2) is 7.48. The Morgan fingerprint density at radius 3 is 2.71 bits per heavy atom. The third kappa shape index (κ3) is 4.24. The minimum absolute atomic E-state index is 0.133. The van der Waals surface area contributed by atoms with Crippen molar-refractivity contribution in [1.29, 1.82) is 0 Å². The van der Waals surface area contributed by atoms with E-state index in [-0.39, 0.29) is 17.9 Å². The Bertz CT molecular complexity index is 690. The third-order valence-electron chi connectivity index (χ3n) is 4.31. The van der Waals surface area contributed by atoms with Gasteiger partial charge in [0.1, 0.15) is 5.82 Å². The Hall–Kier alpha value is -1.67. The highest BCUT2D eigenvalue weighted by molar-refractivity contribution is 7.88. The molecule has 8 heteroatoms. The van der Waals surface area contributed by atoms with E-state index >= 15 is 0 Å². The molecule has 1 fully saturated rings. The SMILES string of the molecule is CCCC1CN(S(C)(=O)=O)CC1NC(=O)c1cccnc1N(C)C. The number of sulfonamides is 1. The number of pyridine rings is 1. The zero-order chi connectivity index (χ0) is 17.9. The highest BCUT2D eigenvalue weighted by Crippen LogP contribution is 2.24. The molecule has 2 heterocycles. The molecule has 1 saturated heterocycles. The molecule has 0 radical (unpaired) electrons. The number of aromatic nitrogens is 1. The van der Waals surface area contributed by atoms with Crippen LogP contribution in [-0.2, 0) is 10.0 Å². The van der Waals surface area contributed by atoms with E-state index in [1.807, 2.05) is 14.1 Å². The number of nitrogens with zero attached hydrogens (tertiary/aromatic N) is 3. The van der Waals surface area contributed by atoms with Gasteiger partial charge in [-0.05, 0) is 24.5 Å². The van der Waals surface area contributed by atoms with E-state index in [1.165, 1.54) is 10.6 Å². The molecule has 0 aromatic carbocycles. The van der Waals surface area contributed by atoms with Gasteiger partial charge in [-0.15, -0.1) is 0 Å². The summed E-state index contributed by atoms with van der Waals surface area (Å²) in [7, 11) is 0.419. The van der Waals surface area contributed by atoms with Crippen molar-refractivity contribution in [2.45, 2.75) is 25.8 Å². The standard InChI is InChI=1S/C16H26N4O3S/c1-5-7-12-10-20(24(4,22)23)11-14(12)18-16(21)13-8-6-9-17-15(13)19(2)3/h6,8-9,12,14H,5,7,10-11H2,1-4H3,(H,18,21). The van der Waals surface area contributed by atoms with Crippen molar-refractivity contribution in [3.63, 3.8) is 0 Å². The van der Waals surface area contributed by atoms with Gasteiger partial charge in [0.05, 0.1) is 11.8 Å². The van der Waals surface area contributed by atoms with Crippen LogP contribution in [0.4, 0.5) is 5.82 Å². The quantitative estimate of drug-likeness (QED) is 0.822. The van der Waals surface area contributed by atoms with Gasteiger partial charge < -0.3 is 10.2 Å². The third-order valence-corrected chi connectivity index (χ3v) is 5.54. The zero-order valence-corrected chi connectivity index (χ0v) is 15.5. The van der Waals surface area contributed by atoms with E-state index < -0.39 is 10.0 Å². The van der Waals surface area contributed by atoms with Crippen LogP contribution in [0, 0.1) is 5.92 Å². The lowest BCUT2D eigenvalue weighted by atomic mass is 9.98. The molecule has 2 rings (SSSR count). The first kappa shape index (κ1) is 18.7. The van der Waals surface area contributed by atoms with Gasteiger partial charge in [-0.1, -0.05) is 13.3 Å². The van der Waals surface area contributed by atoms with Crippen molar-refractivity contribution in [1.82, 2.24) is 14.6 Å². The number of hydrogen-bond acceptors (Lipinski definition) is 5. The van der Waals surface area contributed by atoms with Gasteiger partial charge in [-0.3, -0.25) is 4.79 Å². The predicted molar refractivity (Wildman–Crippen MR) is 94.6 cm³/mol. The van der Waals surface area contributed by atoms with Crippen LogP contribution in [0.15, 0.2) is 18.3 Å². The van der Waals surface area contributed by atoms with E-state index in [2.05, 4.69) is 17.2 Å². The molecule has 2 unspecified atom stereocenters. The Labute approximate surface area is 144 Å². The van der Waals surface area contributed by atoms with Crippen LogP contribution < -0.4 is 10.2 Å². The molecule has 0 aliphatic carbocycles. The molecule has 1 aromatic heterocycles. The number of amides is 1. The number of rotatable bonds is 6. The molecule has 1 amide bonds. The minimum atomic E-state index is -3.25. The largest absolute Gasteiger partial charge is 0.362 e. The summed E-state index contributed by atoms with van der Waals surface area (Å²) in [5.74, 6) is 0.515. The van der Waals surface area contributed by atoms with Gasteiger partial charge in [0.15, 0.2) is 0 Å². The average molecular weight is 354 g/mol. The number of carbonyl (C=O) groups excluding carboxylic acids is 1. The Balaban J connectivity index is 2.18. The fraction of sp³-hybridized carbons (Fsp3) is 0.625. The van der Waals surface area contributed by atoms with Crippen LogP contribution in [0.2, 0.25) is 0 Å². The van der Waals surface area contributed by atoms with E-state index in [4.69, 9.17) is 0 Å². The summed E-state index contributed by atoms with van der Waals surface area (Å²) in [4.78, 5) is 18.7. The maximum atomic E-state index is 12.7. The van der Waals surface area contributed by atoms with Gasteiger partial charge in [0.2, 0.25) is 10.0 Å². The molecule has 134 valence electrons. The predicted octanol–water partition coefficient (Wildman–Crippen LogP) is 0.937. The molecule has 0 bridgehead atoms. The molecule has 1 aliphatic heterocycles. The highest BCUT2D eigenvalue weighted by Gasteiger charge is 2.37. The highest BCUT2D eigenvalue weighted by atomic mass is 32.2. The molecular weight excluding hydrogens is 328 g/mol. The Kier molecular flexibility index (Phi) is 5.82. The Morgan fingerprint density at radius 1 is 1.42 bits per heavy atom. The fourth-order valence-electron chi connectivity index (χ4n) is 3.11. The molecular formula is C16H26N4O3S. The first-order valence-corrected chi connectivity index (χ1v) is 9.97. The Morgan fingerprint density at radius 2 is 2.12 bits per heavy atom. The lowest BCUT2D eigenvalue weighted by molar-refractivity contribution is 0.0930. The first-order chi connectivity index (χ1) is 11.2. The summed E-state index contributed by atoms with van der Waals surface area (Å²) in [5.41, 5.74) is 0.496. The second-order valence-corrected chi connectivity index (χ2v) is 8.46. The van der Waals surface area contributed by atoms with Crippen LogP contribution in [0.25, 0.3) is 0 Å². The summed E-state index contributed by atoms with van der Waals surface area (Å²) >= 11 is 0. The molecule has 2 atom stereocenters. The van der Waals surface area contributed by atoms with E-state index in [0.717, 1.165) is 12.8 Å². The maximum absolute atomic E-state index is 12.7. The smallest absolute Gasteiger partial charge is 0.255 e. The molecule has 1 N–H and O–H groups in total. The van der Waals surface area contributed by atoms with Crippen LogP contribution in [0.3, 0.4) is 0 Å². The van der Waals surface area contributed by atoms with E-state index in [9.17, 15) is 13.2 Å². The van der Waals surface area contributed by atoms with Crippen LogP contribution in [-0.4, -0.2) is 63.1 Å². The summed E-state index contributed by atoms with van der Waals surface area (Å²) in [5, 5.41) is 3.02. The van der Waals surface area contributed by atoms with Crippen molar-refractivity contribution in [3.05, 3.63) is 23.9 Å². The first-order valence-electron chi connectivity index (χ1n) is 8.12. The van der Waals surface area contributed by atoms with Gasteiger partial charge in [-0.2, -0.15) is 4.31 Å². The number of carbonyl (C=O) groups is 1. The number of anilines is 1. The molecule has 7 nitrogen and oxygen atoms in total.